The molecule has 0 aliphatic carbocycles. The molecule has 1 heterocycles. The minimum atomic E-state index is -1.23. The molecule has 6 heteroatoms. The SMILES string of the molecule is OC(CSc1ccc(Cl)cn1)c1c(F)cccc1F. The van der Waals surface area contributed by atoms with Gasteiger partial charge in [0.1, 0.15) is 11.6 Å². The normalized spacial score (nSPS) is 12.4. The second kappa shape index (κ2) is 6.32. The zero-order valence-electron chi connectivity index (χ0n) is 9.69. The molecule has 0 spiro atoms. The first-order valence-electron chi connectivity index (χ1n) is 5.44. The third-order valence-corrected chi connectivity index (χ3v) is 3.67. The van der Waals surface area contributed by atoms with Crippen LogP contribution in [0.15, 0.2) is 41.6 Å². The van der Waals surface area contributed by atoms with Crippen LogP contribution >= 0.6 is 23.4 Å². The Hall–Kier alpha value is -1.17. The number of thioether (sulfide) groups is 1. The molecule has 0 bridgehead atoms. The summed E-state index contributed by atoms with van der Waals surface area (Å²) in [6.45, 7) is 0. The highest BCUT2D eigenvalue weighted by atomic mass is 35.5. The Morgan fingerprint density at radius 2 is 1.89 bits per heavy atom. The lowest BCUT2D eigenvalue weighted by molar-refractivity contribution is 0.193. The molecule has 0 saturated heterocycles. The van der Waals surface area contributed by atoms with Crippen LogP contribution in [0, 0.1) is 11.6 Å². The van der Waals surface area contributed by atoms with Gasteiger partial charge in [-0.1, -0.05) is 17.7 Å². The van der Waals surface area contributed by atoms with Gasteiger partial charge >= 0.3 is 0 Å². The van der Waals surface area contributed by atoms with Gasteiger partial charge in [-0.05, 0) is 24.3 Å². The minimum Gasteiger partial charge on any atom is -0.387 e. The van der Waals surface area contributed by atoms with E-state index in [2.05, 4.69) is 4.98 Å². The van der Waals surface area contributed by atoms with Crippen molar-refractivity contribution in [2.75, 3.05) is 5.75 Å². The Kier molecular flexibility index (Phi) is 4.74. The van der Waals surface area contributed by atoms with E-state index in [9.17, 15) is 13.9 Å². The van der Waals surface area contributed by atoms with E-state index in [0.29, 0.717) is 10.0 Å². The van der Waals surface area contributed by atoms with Gasteiger partial charge in [0, 0.05) is 11.9 Å². The van der Waals surface area contributed by atoms with Gasteiger partial charge in [0.05, 0.1) is 21.7 Å². The van der Waals surface area contributed by atoms with Crippen LogP contribution in [0.2, 0.25) is 5.02 Å². The molecule has 2 rings (SSSR count). The molecule has 0 saturated carbocycles. The molecule has 0 aliphatic heterocycles. The van der Waals surface area contributed by atoms with E-state index < -0.39 is 17.7 Å². The highest BCUT2D eigenvalue weighted by Gasteiger charge is 2.18. The average Bonchev–Trinajstić information content (AvgIpc) is 2.38. The molecular weight excluding hydrogens is 292 g/mol. The van der Waals surface area contributed by atoms with E-state index in [1.54, 1.807) is 12.1 Å². The smallest absolute Gasteiger partial charge is 0.131 e. The standard InChI is InChI=1S/C13H10ClF2NOS/c14-8-4-5-12(17-6-8)19-7-11(18)13-9(15)2-1-3-10(13)16/h1-6,11,18H,7H2. The van der Waals surface area contributed by atoms with Crippen LogP contribution in [0.5, 0.6) is 0 Å². The molecular formula is C13H10ClF2NOS. The molecule has 1 atom stereocenters. The summed E-state index contributed by atoms with van der Waals surface area (Å²) in [4.78, 5) is 4.02. The summed E-state index contributed by atoms with van der Waals surface area (Å²) < 4.78 is 26.9. The summed E-state index contributed by atoms with van der Waals surface area (Å²) >= 11 is 6.89. The van der Waals surface area contributed by atoms with Crippen molar-refractivity contribution in [3.8, 4) is 0 Å². The maximum atomic E-state index is 13.4. The molecule has 2 nitrogen and oxygen atoms in total. The second-order valence-corrected chi connectivity index (χ2v) is 5.25. The number of aliphatic hydroxyl groups excluding tert-OH is 1. The lowest BCUT2D eigenvalue weighted by Gasteiger charge is -2.12. The maximum Gasteiger partial charge on any atom is 0.131 e. The quantitative estimate of drug-likeness (QED) is 0.871. The average molecular weight is 302 g/mol. The fourth-order valence-electron chi connectivity index (χ4n) is 1.52. The lowest BCUT2D eigenvalue weighted by Crippen LogP contribution is -2.06. The van der Waals surface area contributed by atoms with Crippen molar-refractivity contribution < 1.29 is 13.9 Å². The van der Waals surface area contributed by atoms with Crippen molar-refractivity contribution in [3.05, 3.63) is 58.7 Å². The van der Waals surface area contributed by atoms with Crippen LogP contribution in [-0.4, -0.2) is 15.8 Å². The lowest BCUT2D eigenvalue weighted by atomic mass is 10.1. The number of halogens is 3. The van der Waals surface area contributed by atoms with Gasteiger partial charge in [-0.3, -0.25) is 0 Å². The molecule has 100 valence electrons. The monoisotopic (exact) mass is 301 g/mol. The van der Waals surface area contributed by atoms with Crippen molar-refractivity contribution in [3.63, 3.8) is 0 Å². The van der Waals surface area contributed by atoms with Crippen LogP contribution in [0.3, 0.4) is 0 Å². The van der Waals surface area contributed by atoms with E-state index >= 15 is 0 Å². The maximum absolute atomic E-state index is 13.4. The van der Waals surface area contributed by atoms with Crippen molar-refractivity contribution in [2.24, 2.45) is 0 Å². The van der Waals surface area contributed by atoms with Crippen LogP contribution < -0.4 is 0 Å². The molecule has 0 amide bonds. The van der Waals surface area contributed by atoms with E-state index in [1.807, 2.05) is 0 Å². The summed E-state index contributed by atoms with van der Waals surface area (Å²) in [5.74, 6) is -1.40. The van der Waals surface area contributed by atoms with Crippen molar-refractivity contribution in [1.82, 2.24) is 4.98 Å². The number of hydrogen-bond donors (Lipinski definition) is 1. The van der Waals surface area contributed by atoms with Gasteiger partial charge in [0.2, 0.25) is 0 Å². The van der Waals surface area contributed by atoms with E-state index in [-0.39, 0.29) is 11.3 Å². The molecule has 0 radical (unpaired) electrons. The third kappa shape index (κ3) is 3.65. The Labute approximate surface area is 118 Å². The Balaban J connectivity index is 2.05. The number of hydrogen-bond acceptors (Lipinski definition) is 3. The predicted molar refractivity (Wildman–Crippen MR) is 71.3 cm³/mol. The zero-order chi connectivity index (χ0) is 13.8. The fraction of sp³-hybridized carbons (Fsp3) is 0.154. The summed E-state index contributed by atoms with van der Waals surface area (Å²) in [7, 11) is 0. The van der Waals surface area contributed by atoms with Crippen molar-refractivity contribution in [1.29, 1.82) is 0 Å². The van der Waals surface area contributed by atoms with Crippen molar-refractivity contribution >= 4 is 23.4 Å². The van der Waals surface area contributed by atoms with E-state index in [0.717, 1.165) is 12.1 Å². The number of rotatable bonds is 4. The highest BCUT2D eigenvalue weighted by molar-refractivity contribution is 7.99. The largest absolute Gasteiger partial charge is 0.387 e. The zero-order valence-corrected chi connectivity index (χ0v) is 11.3. The first kappa shape index (κ1) is 14.2. The molecule has 19 heavy (non-hydrogen) atoms. The van der Waals surface area contributed by atoms with Gasteiger partial charge in [0.15, 0.2) is 0 Å². The van der Waals surface area contributed by atoms with Crippen LogP contribution in [0.1, 0.15) is 11.7 Å². The second-order valence-electron chi connectivity index (χ2n) is 3.78. The summed E-state index contributed by atoms with van der Waals surface area (Å²) in [6.07, 6.45) is 0.239. The molecule has 2 aromatic rings. The molecule has 1 unspecified atom stereocenters. The molecule has 1 N–H and O–H groups in total. The van der Waals surface area contributed by atoms with E-state index in [1.165, 1.54) is 24.0 Å². The van der Waals surface area contributed by atoms with Crippen LogP contribution in [0.4, 0.5) is 8.78 Å². The van der Waals surface area contributed by atoms with Gasteiger partial charge < -0.3 is 5.11 Å². The molecule has 1 aromatic carbocycles. The van der Waals surface area contributed by atoms with Crippen LogP contribution in [0.25, 0.3) is 0 Å². The van der Waals surface area contributed by atoms with Gasteiger partial charge in [-0.15, -0.1) is 11.8 Å². The highest BCUT2D eigenvalue weighted by Crippen LogP contribution is 2.27. The number of aliphatic hydroxyl groups is 1. The number of aromatic nitrogens is 1. The Morgan fingerprint density at radius 3 is 2.47 bits per heavy atom. The molecule has 0 aliphatic rings. The third-order valence-electron chi connectivity index (χ3n) is 2.42. The number of pyridine rings is 1. The van der Waals surface area contributed by atoms with Gasteiger partial charge in [-0.2, -0.15) is 0 Å². The fourth-order valence-corrected chi connectivity index (χ4v) is 2.42. The number of nitrogens with zero attached hydrogens (tertiary/aromatic N) is 1. The first-order chi connectivity index (χ1) is 9.08. The minimum absolute atomic E-state index is 0.104. The Morgan fingerprint density at radius 1 is 1.21 bits per heavy atom. The summed E-state index contributed by atoms with van der Waals surface area (Å²) in [6, 6.07) is 6.83. The molecule has 1 aromatic heterocycles. The van der Waals surface area contributed by atoms with E-state index in [4.69, 9.17) is 11.6 Å². The summed E-state index contributed by atoms with van der Waals surface area (Å²) in [5.41, 5.74) is -0.316. The first-order valence-corrected chi connectivity index (χ1v) is 6.80. The summed E-state index contributed by atoms with van der Waals surface area (Å²) in [5, 5.41) is 11.0. The molecule has 0 fully saturated rings. The van der Waals surface area contributed by atoms with Gasteiger partial charge in [-0.25, -0.2) is 13.8 Å². The Bertz CT molecular complexity index is 545. The predicted octanol–water partition coefficient (Wildman–Crippen LogP) is 3.84. The van der Waals surface area contributed by atoms with Crippen molar-refractivity contribution in [2.45, 2.75) is 11.1 Å². The topological polar surface area (TPSA) is 33.1 Å². The van der Waals surface area contributed by atoms with Gasteiger partial charge in [0.25, 0.3) is 0 Å². The number of benzene rings is 1. The van der Waals surface area contributed by atoms with Crippen LogP contribution in [-0.2, 0) is 0 Å².